The van der Waals surface area contributed by atoms with Crippen molar-refractivity contribution in [3.8, 4) is 0 Å². The molecule has 7 nitrogen and oxygen atoms in total. The highest BCUT2D eigenvalue weighted by atomic mass is 19.1. The summed E-state index contributed by atoms with van der Waals surface area (Å²) in [5.41, 5.74) is 9.44. The second-order valence-corrected chi connectivity index (χ2v) is 6.53. The van der Waals surface area contributed by atoms with Crippen LogP contribution in [-0.2, 0) is 0 Å². The normalized spacial score (nSPS) is 17.4. The lowest BCUT2D eigenvalue weighted by atomic mass is 10.0. The summed E-state index contributed by atoms with van der Waals surface area (Å²) >= 11 is 0. The fourth-order valence-corrected chi connectivity index (χ4v) is 2.60. The smallest absolute Gasteiger partial charge is 0.129 e. The van der Waals surface area contributed by atoms with Crippen LogP contribution in [0.2, 0.25) is 0 Å². The lowest BCUT2D eigenvalue weighted by Crippen LogP contribution is -2.35. The van der Waals surface area contributed by atoms with E-state index in [2.05, 4.69) is 20.9 Å². The molecule has 0 radical (unpaired) electrons. The van der Waals surface area contributed by atoms with Gasteiger partial charge in [0.2, 0.25) is 0 Å². The Bertz CT molecular complexity index is 867. The molecule has 7 N–H and O–H groups in total. The highest BCUT2D eigenvalue weighted by Gasteiger charge is 2.18. The molecule has 0 bridgehead atoms. The largest absolute Gasteiger partial charge is 0.399 e. The Balaban J connectivity index is 2.20. The van der Waals surface area contributed by atoms with Crippen LogP contribution in [0, 0.1) is 16.7 Å². The fourth-order valence-electron chi connectivity index (χ4n) is 2.60. The third-order valence-corrected chi connectivity index (χ3v) is 4.13. The minimum atomic E-state index is -0.764. The van der Waals surface area contributed by atoms with Gasteiger partial charge in [-0.05, 0) is 35.8 Å². The van der Waals surface area contributed by atoms with Crippen molar-refractivity contribution < 1.29 is 4.39 Å². The van der Waals surface area contributed by atoms with Gasteiger partial charge in [-0.15, -0.1) is 0 Å². The van der Waals surface area contributed by atoms with Crippen LogP contribution >= 0.6 is 0 Å². The van der Waals surface area contributed by atoms with Crippen molar-refractivity contribution in [2.24, 2.45) is 16.6 Å². The van der Waals surface area contributed by atoms with Crippen LogP contribution in [0.3, 0.4) is 0 Å². The molecule has 0 atom stereocenters. The van der Waals surface area contributed by atoms with E-state index in [4.69, 9.17) is 16.6 Å². The van der Waals surface area contributed by atoms with Crippen molar-refractivity contribution in [1.82, 2.24) is 16.0 Å². The van der Waals surface area contributed by atoms with Crippen molar-refractivity contribution in [2.45, 2.75) is 13.8 Å². The Labute approximate surface area is 164 Å². The van der Waals surface area contributed by atoms with Gasteiger partial charge in [-0.25, -0.2) is 4.39 Å². The molecule has 2 rings (SSSR count). The van der Waals surface area contributed by atoms with Gasteiger partial charge in [-0.1, -0.05) is 13.8 Å². The number of allylic oxidation sites excluding steroid dienone is 7. The molecule has 0 aromatic carbocycles. The molecule has 0 saturated heterocycles. The van der Waals surface area contributed by atoms with Gasteiger partial charge in [0.25, 0.3) is 0 Å². The minimum absolute atomic E-state index is 0.104. The van der Waals surface area contributed by atoms with Crippen molar-refractivity contribution in [3.05, 3.63) is 70.1 Å². The van der Waals surface area contributed by atoms with Crippen molar-refractivity contribution >= 4 is 18.3 Å². The summed E-state index contributed by atoms with van der Waals surface area (Å²) in [6, 6.07) is 0. The Morgan fingerprint density at radius 2 is 2.11 bits per heavy atom. The number of hydrogen-bond acceptors (Lipinski definition) is 6. The summed E-state index contributed by atoms with van der Waals surface area (Å²) in [5.74, 6) is 0.938. The van der Waals surface area contributed by atoms with Gasteiger partial charge in [-0.2, -0.15) is 0 Å². The van der Waals surface area contributed by atoms with Crippen molar-refractivity contribution in [1.29, 1.82) is 10.8 Å². The molecule has 0 amide bonds. The number of alkyl halides is 1. The molecule has 0 saturated carbocycles. The highest BCUT2D eigenvalue weighted by molar-refractivity contribution is 5.97. The van der Waals surface area contributed by atoms with E-state index in [9.17, 15) is 4.39 Å². The molecule has 0 aliphatic carbocycles. The number of dihydropyridines is 2. The molecule has 2 heterocycles. The maximum Gasteiger partial charge on any atom is 0.129 e. The first kappa shape index (κ1) is 20.9. The zero-order chi connectivity index (χ0) is 20.7. The Hall–Kier alpha value is -3.42. The van der Waals surface area contributed by atoms with E-state index in [1.54, 1.807) is 25.4 Å². The summed E-state index contributed by atoms with van der Waals surface area (Å²) in [4.78, 5) is 3.95. The van der Waals surface area contributed by atoms with E-state index in [0.29, 0.717) is 17.0 Å². The molecule has 2 aliphatic rings. The first-order valence-corrected chi connectivity index (χ1v) is 8.82. The van der Waals surface area contributed by atoms with Crippen LogP contribution in [0.5, 0.6) is 0 Å². The van der Waals surface area contributed by atoms with Crippen molar-refractivity contribution in [3.63, 3.8) is 0 Å². The van der Waals surface area contributed by atoms with Crippen LogP contribution in [-0.4, -0.2) is 32.0 Å². The van der Waals surface area contributed by atoms with Gasteiger partial charge in [0.15, 0.2) is 0 Å². The minimum Gasteiger partial charge on any atom is -0.399 e. The standard InChI is InChI=1S/C20H26FN7/c1-12(2)13(9-22)7-19(24)28-20-5-4-17-18(27-20)6-14(10-26-17)15(11-25-3)16(23)8-21/h4-7,9-12,22,26-27H,8,23H2,1-3H3,(H2,24,28). The summed E-state index contributed by atoms with van der Waals surface area (Å²) in [7, 11) is 1.60. The second kappa shape index (κ2) is 9.50. The molecular weight excluding hydrogens is 357 g/mol. The van der Waals surface area contributed by atoms with E-state index in [1.807, 2.05) is 26.0 Å². The van der Waals surface area contributed by atoms with Crippen LogP contribution in [0.25, 0.3) is 0 Å². The van der Waals surface area contributed by atoms with Gasteiger partial charge in [0, 0.05) is 42.5 Å². The lowest BCUT2D eigenvalue weighted by Gasteiger charge is -2.25. The van der Waals surface area contributed by atoms with E-state index in [1.165, 1.54) is 12.4 Å². The van der Waals surface area contributed by atoms with Crippen LogP contribution < -0.4 is 21.7 Å². The molecule has 0 unspecified atom stereocenters. The number of hydrogen-bond donors (Lipinski definition) is 6. The number of rotatable bonds is 7. The van der Waals surface area contributed by atoms with Gasteiger partial charge in [-0.3, -0.25) is 10.4 Å². The average Bonchev–Trinajstić information content (AvgIpc) is 2.68. The van der Waals surface area contributed by atoms with E-state index in [0.717, 1.165) is 17.0 Å². The van der Waals surface area contributed by atoms with Gasteiger partial charge < -0.3 is 27.1 Å². The summed E-state index contributed by atoms with van der Waals surface area (Å²) in [5, 5.41) is 24.9. The predicted octanol–water partition coefficient (Wildman–Crippen LogP) is 2.37. The number of halogens is 1. The van der Waals surface area contributed by atoms with Crippen LogP contribution in [0.15, 0.2) is 75.1 Å². The zero-order valence-electron chi connectivity index (χ0n) is 16.2. The number of nitrogens with zero attached hydrogens (tertiary/aromatic N) is 1. The molecule has 0 spiro atoms. The van der Waals surface area contributed by atoms with Gasteiger partial charge >= 0.3 is 0 Å². The topological polar surface area (TPSA) is 122 Å². The second-order valence-electron chi connectivity index (χ2n) is 6.53. The fraction of sp³-hybridized carbons (Fsp3) is 0.250. The van der Waals surface area contributed by atoms with Crippen LogP contribution in [0.1, 0.15) is 13.8 Å². The Kier molecular flexibility index (Phi) is 7.08. The maximum absolute atomic E-state index is 13.0. The summed E-state index contributed by atoms with van der Waals surface area (Å²) in [6.07, 6.45) is 11.7. The number of nitrogens with two attached hydrogens (primary N) is 1. The molecule has 0 fully saturated rings. The number of amidine groups is 1. The quantitative estimate of drug-likeness (QED) is 0.298. The Morgan fingerprint density at radius 3 is 2.71 bits per heavy atom. The van der Waals surface area contributed by atoms with E-state index in [-0.39, 0.29) is 17.5 Å². The number of aliphatic imine (C=N–C) groups is 1. The first-order valence-electron chi connectivity index (χ1n) is 8.82. The highest BCUT2D eigenvalue weighted by Crippen LogP contribution is 2.23. The number of nitrogens with one attached hydrogen (secondary N) is 5. The first-order chi connectivity index (χ1) is 13.4. The van der Waals surface area contributed by atoms with Crippen molar-refractivity contribution in [2.75, 3.05) is 13.7 Å². The number of fused-ring (bicyclic) bond motifs is 1. The molecule has 2 aliphatic heterocycles. The monoisotopic (exact) mass is 383 g/mol. The average molecular weight is 383 g/mol. The van der Waals surface area contributed by atoms with E-state index < -0.39 is 6.67 Å². The third kappa shape index (κ3) is 5.06. The molecule has 8 heteroatoms. The lowest BCUT2D eigenvalue weighted by molar-refractivity contribution is 0.539. The SMILES string of the molecule is CN=CC(C1=CNC2=CC=C(NC(=N)C=C(C=N)C(C)C)NC2=C1)=C(N)CF. The third-order valence-electron chi connectivity index (χ3n) is 4.13. The Morgan fingerprint density at radius 1 is 1.36 bits per heavy atom. The predicted molar refractivity (Wildman–Crippen MR) is 113 cm³/mol. The molecular formula is C20H26FN7. The summed E-state index contributed by atoms with van der Waals surface area (Å²) < 4.78 is 13.0. The van der Waals surface area contributed by atoms with Crippen LogP contribution in [0.4, 0.5) is 4.39 Å². The molecule has 0 aromatic rings. The van der Waals surface area contributed by atoms with Gasteiger partial charge in [0.1, 0.15) is 18.3 Å². The molecule has 0 aromatic heterocycles. The molecule has 28 heavy (non-hydrogen) atoms. The van der Waals surface area contributed by atoms with Gasteiger partial charge in [0.05, 0.1) is 11.4 Å². The summed E-state index contributed by atoms with van der Waals surface area (Å²) in [6.45, 7) is 3.17. The van der Waals surface area contributed by atoms with E-state index >= 15 is 0 Å². The maximum atomic E-state index is 13.0. The molecule has 148 valence electrons. The zero-order valence-corrected chi connectivity index (χ0v) is 16.2.